The van der Waals surface area contributed by atoms with Crippen LogP contribution in [0.3, 0.4) is 0 Å². The van der Waals surface area contributed by atoms with E-state index in [1.807, 2.05) is 65.2 Å². The molecule has 10 nitrogen and oxygen atoms in total. The number of amides is 1. The van der Waals surface area contributed by atoms with Crippen LogP contribution in [0.4, 0.5) is 5.82 Å². The molecule has 0 aliphatic carbocycles. The van der Waals surface area contributed by atoms with Crippen LogP contribution in [-0.4, -0.2) is 50.8 Å². The Bertz CT molecular complexity index is 1840. The summed E-state index contributed by atoms with van der Waals surface area (Å²) in [6.45, 7) is 3.22. The molecule has 40 heavy (non-hydrogen) atoms. The van der Waals surface area contributed by atoms with Gasteiger partial charge < -0.3 is 20.5 Å². The van der Waals surface area contributed by atoms with Crippen LogP contribution in [0.5, 0.6) is 0 Å². The maximum Gasteiger partial charge on any atom is 0.331 e. The molecule has 3 aromatic heterocycles. The highest BCUT2D eigenvalue weighted by molar-refractivity contribution is 6.10. The minimum Gasteiger partial charge on any atom is -0.365 e. The van der Waals surface area contributed by atoms with Gasteiger partial charge >= 0.3 is 5.69 Å². The quantitative estimate of drug-likeness (QED) is 0.342. The molecule has 1 aliphatic rings. The fourth-order valence-corrected chi connectivity index (χ4v) is 5.76. The average molecular weight is 538 g/mol. The lowest BCUT2D eigenvalue weighted by atomic mass is 10.1. The van der Waals surface area contributed by atoms with Gasteiger partial charge in [-0.05, 0) is 30.0 Å². The number of hydrogen-bond acceptors (Lipinski definition) is 6. The minimum atomic E-state index is -0.674. The van der Waals surface area contributed by atoms with Crippen LogP contribution < -0.4 is 27.2 Å². The van der Waals surface area contributed by atoms with Crippen molar-refractivity contribution in [3.8, 4) is 0 Å². The van der Waals surface area contributed by atoms with Crippen molar-refractivity contribution in [1.82, 2.24) is 24.0 Å². The first-order chi connectivity index (χ1) is 19.5. The third kappa shape index (κ3) is 4.36. The first-order valence-electron chi connectivity index (χ1n) is 13.4. The zero-order valence-electron chi connectivity index (χ0n) is 22.3. The zero-order chi connectivity index (χ0) is 27.8. The van der Waals surface area contributed by atoms with Gasteiger partial charge in [0.05, 0.1) is 17.8 Å². The molecule has 4 heterocycles. The van der Waals surface area contributed by atoms with E-state index in [1.165, 1.54) is 9.13 Å². The Kier molecular flexibility index (Phi) is 6.69. The first kappa shape index (κ1) is 25.6. The maximum atomic E-state index is 14.3. The van der Waals surface area contributed by atoms with E-state index in [0.29, 0.717) is 31.1 Å². The van der Waals surface area contributed by atoms with E-state index in [-0.39, 0.29) is 23.1 Å². The normalized spacial score (nSPS) is 14.1. The third-order valence-corrected chi connectivity index (χ3v) is 7.64. The Morgan fingerprint density at radius 2 is 1.70 bits per heavy atom. The number of nitrogens with zero attached hydrogens (tertiary/aromatic N) is 5. The molecule has 1 amide bonds. The smallest absolute Gasteiger partial charge is 0.331 e. The molecule has 10 heteroatoms. The van der Waals surface area contributed by atoms with Gasteiger partial charge in [0.15, 0.2) is 0 Å². The summed E-state index contributed by atoms with van der Waals surface area (Å²) in [5.41, 5.74) is 7.28. The zero-order valence-corrected chi connectivity index (χ0v) is 22.3. The predicted octanol–water partition coefficient (Wildman–Crippen LogP) is 2.05. The van der Waals surface area contributed by atoms with Crippen LogP contribution >= 0.6 is 0 Å². The number of aryl methyl sites for hydroxylation is 1. The summed E-state index contributed by atoms with van der Waals surface area (Å²) in [5, 5.41) is 5.23. The van der Waals surface area contributed by atoms with Crippen LogP contribution in [0.25, 0.3) is 21.8 Å². The molecule has 0 spiro atoms. The second kappa shape index (κ2) is 10.5. The molecule has 2 aromatic carbocycles. The fraction of sp³-hybridized carbons (Fsp3) is 0.267. The van der Waals surface area contributed by atoms with E-state index in [0.717, 1.165) is 35.8 Å². The van der Waals surface area contributed by atoms with E-state index >= 15 is 0 Å². The topological polar surface area (TPSA) is 120 Å². The summed E-state index contributed by atoms with van der Waals surface area (Å²) in [7, 11) is 1.59. The average Bonchev–Trinajstić information content (AvgIpc) is 3.09. The SMILES string of the molecule is Cn1c(=O)n(Cc2nccc3ccccc23)c(=O)c2c1c(C(N)=O)c(N1CCCNCC1)n2Cc1ccccc1. The van der Waals surface area contributed by atoms with Gasteiger partial charge in [0.2, 0.25) is 0 Å². The van der Waals surface area contributed by atoms with Crippen LogP contribution in [-0.2, 0) is 20.1 Å². The summed E-state index contributed by atoms with van der Waals surface area (Å²) in [4.78, 5) is 47.7. The Morgan fingerprint density at radius 3 is 2.50 bits per heavy atom. The van der Waals surface area contributed by atoms with Crippen LogP contribution in [0, 0.1) is 0 Å². The molecule has 0 unspecified atom stereocenters. The van der Waals surface area contributed by atoms with Crippen molar-refractivity contribution >= 4 is 33.5 Å². The summed E-state index contributed by atoms with van der Waals surface area (Å²) < 4.78 is 4.45. The van der Waals surface area contributed by atoms with Gasteiger partial charge in [-0.2, -0.15) is 0 Å². The summed E-state index contributed by atoms with van der Waals surface area (Å²) in [5.74, 6) is -0.102. The van der Waals surface area contributed by atoms with Crippen molar-refractivity contribution in [2.24, 2.45) is 12.8 Å². The second-order valence-corrected chi connectivity index (χ2v) is 10.1. The van der Waals surface area contributed by atoms with E-state index in [1.54, 1.807) is 13.2 Å². The number of benzene rings is 2. The van der Waals surface area contributed by atoms with Gasteiger partial charge in [-0.3, -0.25) is 23.7 Å². The van der Waals surface area contributed by atoms with Gasteiger partial charge in [-0.25, -0.2) is 4.79 Å². The summed E-state index contributed by atoms with van der Waals surface area (Å²) >= 11 is 0. The number of pyridine rings is 1. The number of anilines is 1. The number of nitrogens with two attached hydrogens (primary N) is 1. The monoisotopic (exact) mass is 537 g/mol. The summed E-state index contributed by atoms with van der Waals surface area (Å²) in [6.07, 6.45) is 2.54. The lowest BCUT2D eigenvalue weighted by Crippen LogP contribution is -2.40. The van der Waals surface area contributed by atoms with E-state index < -0.39 is 17.2 Å². The predicted molar refractivity (Wildman–Crippen MR) is 156 cm³/mol. The second-order valence-electron chi connectivity index (χ2n) is 10.1. The van der Waals surface area contributed by atoms with Gasteiger partial charge in [0.25, 0.3) is 11.5 Å². The molecule has 0 radical (unpaired) electrons. The van der Waals surface area contributed by atoms with Crippen molar-refractivity contribution < 1.29 is 4.79 Å². The van der Waals surface area contributed by atoms with Gasteiger partial charge in [0.1, 0.15) is 16.9 Å². The molecule has 0 atom stereocenters. The molecule has 1 saturated heterocycles. The lowest BCUT2D eigenvalue weighted by Gasteiger charge is -2.25. The van der Waals surface area contributed by atoms with Crippen molar-refractivity contribution in [3.63, 3.8) is 0 Å². The van der Waals surface area contributed by atoms with Crippen molar-refractivity contribution in [3.05, 3.63) is 105 Å². The molecular formula is C30H31N7O3. The van der Waals surface area contributed by atoms with E-state index in [4.69, 9.17) is 5.73 Å². The highest BCUT2D eigenvalue weighted by Gasteiger charge is 2.31. The molecular weight excluding hydrogens is 506 g/mol. The fourth-order valence-electron chi connectivity index (χ4n) is 5.76. The number of carbonyl (C=O) groups excluding carboxylic acids is 1. The highest BCUT2D eigenvalue weighted by atomic mass is 16.2. The summed E-state index contributed by atoms with van der Waals surface area (Å²) in [6, 6.07) is 19.4. The van der Waals surface area contributed by atoms with Crippen molar-refractivity contribution in [2.75, 3.05) is 31.1 Å². The van der Waals surface area contributed by atoms with Crippen LogP contribution in [0.1, 0.15) is 28.0 Å². The largest absolute Gasteiger partial charge is 0.365 e. The highest BCUT2D eigenvalue weighted by Crippen LogP contribution is 2.32. The Balaban J connectivity index is 1.65. The van der Waals surface area contributed by atoms with E-state index in [9.17, 15) is 14.4 Å². The molecule has 204 valence electrons. The van der Waals surface area contributed by atoms with E-state index in [2.05, 4.69) is 15.2 Å². The number of carbonyl (C=O) groups is 1. The number of fused-ring (bicyclic) bond motifs is 2. The molecule has 1 fully saturated rings. The molecule has 6 rings (SSSR count). The lowest BCUT2D eigenvalue weighted by molar-refractivity contribution is 0.100. The van der Waals surface area contributed by atoms with Crippen molar-refractivity contribution in [2.45, 2.75) is 19.5 Å². The molecule has 0 bridgehead atoms. The Morgan fingerprint density at radius 1 is 0.925 bits per heavy atom. The first-order valence-corrected chi connectivity index (χ1v) is 13.4. The molecule has 5 aromatic rings. The van der Waals surface area contributed by atoms with Gasteiger partial charge in [0, 0.05) is 44.8 Å². The number of primary amides is 1. The van der Waals surface area contributed by atoms with Crippen molar-refractivity contribution in [1.29, 1.82) is 0 Å². The van der Waals surface area contributed by atoms with Crippen LogP contribution in [0.2, 0.25) is 0 Å². The maximum absolute atomic E-state index is 14.3. The Hall–Kier alpha value is -4.70. The van der Waals surface area contributed by atoms with Gasteiger partial charge in [-0.1, -0.05) is 54.6 Å². The van der Waals surface area contributed by atoms with Gasteiger partial charge in [-0.15, -0.1) is 0 Å². The number of rotatable bonds is 6. The minimum absolute atomic E-state index is 0.00576. The number of nitrogens with one attached hydrogen (secondary N) is 1. The number of hydrogen-bond donors (Lipinski definition) is 2. The molecule has 0 saturated carbocycles. The number of aromatic nitrogens is 4. The Labute approximate surface area is 230 Å². The van der Waals surface area contributed by atoms with Crippen LogP contribution in [0.15, 0.2) is 76.4 Å². The standard InChI is InChI=1S/C30H31N7O3/c1-34-25-24(27(31)38)28(35-16-7-13-32-15-17-35)36(18-20-8-3-2-4-9-20)26(25)29(39)37(30(34)40)19-23-22-11-6-5-10-21(22)12-14-33-23/h2-6,8-12,14,32H,7,13,15-19H2,1H3,(H2,31,38). The molecule has 3 N–H and O–H groups in total. The third-order valence-electron chi connectivity index (χ3n) is 7.64. The molecule has 1 aliphatic heterocycles.